The molecule has 1 saturated carbocycles. The Morgan fingerprint density at radius 1 is 1.47 bits per heavy atom. The highest BCUT2D eigenvalue weighted by Crippen LogP contribution is 2.44. The lowest BCUT2D eigenvalue weighted by molar-refractivity contribution is 0.392. The number of halogens is 1. The van der Waals surface area contributed by atoms with E-state index in [1.807, 2.05) is 13.8 Å². The molecule has 1 aliphatic carbocycles. The molecule has 19 heavy (non-hydrogen) atoms. The molecule has 2 N–H and O–H groups in total. The zero-order chi connectivity index (χ0) is 13.3. The maximum atomic E-state index is 5.14. The van der Waals surface area contributed by atoms with E-state index in [-0.39, 0.29) is 24.0 Å². The second-order valence-electron chi connectivity index (χ2n) is 5.62. The summed E-state index contributed by atoms with van der Waals surface area (Å²) in [6.07, 6.45) is 1.19. The molecule has 1 heterocycles. The molecule has 1 aromatic heterocycles. The van der Waals surface area contributed by atoms with Crippen LogP contribution in [-0.4, -0.2) is 24.2 Å². The van der Waals surface area contributed by atoms with Gasteiger partial charge in [0.25, 0.3) is 0 Å². The minimum absolute atomic E-state index is 0. The number of aromatic nitrogens is 1. The quantitative estimate of drug-likeness (QED) is 0.482. The summed E-state index contributed by atoms with van der Waals surface area (Å²) in [4.78, 5) is 4.24. The summed E-state index contributed by atoms with van der Waals surface area (Å²) < 4.78 is 5.14. The first kappa shape index (κ1) is 16.3. The van der Waals surface area contributed by atoms with Crippen LogP contribution in [0.1, 0.15) is 37.3 Å². The molecule has 0 saturated heterocycles. The van der Waals surface area contributed by atoms with E-state index in [1.165, 1.54) is 6.42 Å². The van der Waals surface area contributed by atoms with Crippen LogP contribution >= 0.6 is 24.0 Å². The number of nitrogens with zero attached hydrogens (tertiary/aromatic N) is 2. The normalized spacial score (nSPS) is 20.7. The van der Waals surface area contributed by atoms with Gasteiger partial charge in [0, 0.05) is 25.2 Å². The third-order valence-electron chi connectivity index (χ3n) is 3.66. The van der Waals surface area contributed by atoms with Crippen molar-refractivity contribution >= 4 is 29.9 Å². The molecule has 0 aliphatic heterocycles. The van der Waals surface area contributed by atoms with Gasteiger partial charge in [-0.1, -0.05) is 19.0 Å². The number of rotatable bonds is 3. The van der Waals surface area contributed by atoms with Gasteiger partial charge in [-0.15, -0.1) is 24.0 Å². The van der Waals surface area contributed by atoms with Gasteiger partial charge in [0.15, 0.2) is 5.96 Å². The highest BCUT2D eigenvalue weighted by Gasteiger charge is 2.46. The van der Waals surface area contributed by atoms with E-state index in [1.54, 1.807) is 7.05 Å². The lowest BCUT2D eigenvalue weighted by Crippen LogP contribution is -2.39. The average Bonchev–Trinajstić information content (AvgIpc) is 2.78. The number of hydrogen-bond donors (Lipinski definition) is 2. The summed E-state index contributed by atoms with van der Waals surface area (Å²) in [7, 11) is 1.79. The lowest BCUT2D eigenvalue weighted by Gasteiger charge is -2.12. The van der Waals surface area contributed by atoms with Gasteiger partial charge < -0.3 is 15.2 Å². The van der Waals surface area contributed by atoms with Crippen molar-refractivity contribution in [1.29, 1.82) is 0 Å². The summed E-state index contributed by atoms with van der Waals surface area (Å²) in [5.74, 6) is 1.70. The Balaban J connectivity index is 0.00000180. The molecular formula is C13H23IN4O. The number of nitrogens with one attached hydrogen (secondary N) is 2. The van der Waals surface area contributed by atoms with Crippen LogP contribution in [0.5, 0.6) is 0 Å². The standard InChI is InChI=1S/C13H22N4O.HI/c1-8-10(9(2)18-17-8)7-15-12(14-5)16-11-6-13(11,3)4;/h11H,6-7H2,1-5H3,(H2,14,15,16);1H. The van der Waals surface area contributed by atoms with Gasteiger partial charge in [-0.05, 0) is 25.7 Å². The second kappa shape index (κ2) is 6.11. The average molecular weight is 378 g/mol. The van der Waals surface area contributed by atoms with Gasteiger partial charge in [0.2, 0.25) is 0 Å². The van der Waals surface area contributed by atoms with Crippen molar-refractivity contribution in [2.45, 2.75) is 46.7 Å². The summed E-state index contributed by atoms with van der Waals surface area (Å²) in [6, 6.07) is 0.522. The van der Waals surface area contributed by atoms with E-state index in [0.717, 1.165) is 23.0 Å². The smallest absolute Gasteiger partial charge is 0.191 e. The molecule has 0 radical (unpaired) electrons. The molecule has 0 spiro atoms. The highest BCUT2D eigenvalue weighted by atomic mass is 127. The van der Waals surface area contributed by atoms with Gasteiger partial charge in [0.1, 0.15) is 5.76 Å². The van der Waals surface area contributed by atoms with Crippen molar-refractivity contribution in [1.82, 2.24) is 15.8 Å². The molecule has 2 rings (SSSR count). The van der Waals surface area contributed by atoms with Crippen LogP contribution in [-0.2, 0) is 6.54 Å². The van der Waals surface area contributed by atoms with Gasteiger partial charge in [-0.3, -0.25) is 4.99 Å². The Kier molecular flexibility index (Phi) is 5.23. The van der Waals surface area contributed by atoms with Gasteiger partial charge in [-0.2, -0.15) is 0 Å². The zero-order valence-corrected chi connectivity index (χ0v) is 14.5. The first-order chi connectivity index (χ1) is 8.44. The molecule has 0 amide bonds. The predicted molar refractivity (Wildman–Crippen MR) is 86.9 cm³/mol. The molecular weight excluding hydrogens is 355 g/mol. The van der Waals surface area contributed by atoms with E-state index in [9.17, 15) is 0 Å². The van der Waals surface area contributed by atoms with Crippen LogP contribution in [0.25, 0.3) is 0 Å². The lowest BCUT2D eigenvalue weighted by atomic mass is 10.2. The fraction of sp³-hybridized carbons (Fsp3) is 0.692. The summed E-state index contributed by atoms with van der Waals surface area (Å²) in [5.41, 5.74) is 2.43. The molecule has 1 atom stereocenters. The van der Waals surface area contributed by atoms with Crippen LogP contribution in [0, 0.1) is 19.3 Å². The van der Waals surface area contributed by atoms with Crippen LogP contribution in [0.3, 0.4) is 0 Å². The number of aryl methyl sites for hydroxylation is 2. The highest BCUT2D eigenvalue weighted by molar-refractivity contribution is 14.0. The van der Waals surface area contributed by atoms with Gasteiger partial charge >= 0.3 is 0 Å². The van der Waals surface area contributed by atoms with Crippen LogP contribution in [0.2, 0.25) is 0 Å². The third-order valence-corrected chi connectivity index (χ3v) is 3.66. The zero-order valence-electron chi connectivity index (χ0n) is 12.2. The Morgan fingerprint density at radius 2 is 2.11 bits per heavy atom. The Hall–Kier alpha value is -0.790. The van der Waals surface area contributed by atoms with Crippen LogP contribution in [0.15, 0.2) is 9.52 Å². The van der Waals surface area contributed by atoms with E-state index in [4.69, 9.17) is 4.52 Å². The molecule has 1 fully saturated rings. The molecule has 0 bridgehead atoms. The molecule has 1 aliphatic rings. The van der Waals surface area contributed by atoms with Crippen molar-refractivity contribution in [3.8, 4) is 0 Å². The fourth-order valence-corrected chi connectivity index (χ4v) is 2.00. The second-order valence-corrected chi connectivity index (χ2v) is 5.62. The van der Waals surface area contributed by atoms with E-state index < -0.39 is 0 Å². The molecule has 108 valence electrons. The Morgan fingerprint density at radius 3 is 2.53 bits per heavy atom. The van der Waals surface area contributed by atoms with Crippen molar-refractivity contribution < 1.29 is 4.52 Å². The topological polar surface area (TPSA) is 62.5 Å². The largest absolute Gasteiger partial charge is 0.361 e. The molecule has 1 aromatic rings. The van der Waals surface area contributed by atoms with E-state index in [2.05, 4.69) is 34.6 Å². The summed E-state index contributed by atoms with van der Waals surface area (Å²) in [5, 5.41) is 10.7. The van der Waals surface area contributed by atoms with Crippen molar-refractivity contribution in [2.75, 3.05) is 7.05 Å². The number of aliphatic imine (C=N–C) groups is 1. The number of hydrogen-bond acceptors (Lipinski definition) is 3. The minimum Gasteiger partial charge on any atom is -0.361 e. The minimum atomic E-state index is 0. The number of guanidine groups is 1. The summed E-state index contributed by atoms with van der Waals surface area (Å²) >= 11 is 0. The Labute approximate surface area is 131 Å². The van der Waals surface area contributed by atoms with Crippen molar-refractivity contribution in [3.05, 3.63) is 17.0 Å². The summed E-state index contributed by atoms with van der Waals surface area (Å²) in [6.45, 7) is 9.08. The molecule has 1 unspecified atom stereocenters. The fourth-order valence-electron chi connectivity index (χ4n) is 2.00. The maximum absolute atomic E-state index is 5.14. The van der Waals surface area contributed by atoms with Crippen LogP contribution in [0.4, 0.5) is 0 Å². The molecule has 0 aromatic carbocycles. The van der Waals surface area contributed by atoms with E-state index >= 15 is 0 Å². The predicted octanol–water partition coefficient (Wildman–Crippen LogP) is 2.37. The van der Waals surface area contributed by atoms with E-state index in [0.29, 0.717) is 18.0 Å². The molecule has 6 heteroatoms. The monoisotopic (exact) mass is 378 g/mol. The van der Waals surface area contributed by atoms with Gasteiger partial charge in [-0.25, -0.2) is 0 Å². The van der Waals surface area contributed by atoms with Crippen molar-refractivity contribution in [2.24, 2.45) is 10.4 Å². The van der Waals surface area contributed by atoms with Crippen molar-refractivity contribution in [3.63, 3.8) is 0 Å². The Bertz CT molecular complexity index is 448. The van der Waals surface area contributed by atoms with Gasteiger partial charge in [0.05, 0.1) is 5.69 Å². The maximum Gasteiger partial charge on any atom is 0.191 e. The SMILES string of the molecule is CN=C(NCc1c(C)noc1C)NC1CC1(C)C.I. The first-order valence-corrected chi connectivity index (χ1v) is 6.33. The third kappa shape index (κ3) is 3.84. The van der Waals surface area contributed by atoms with Crippen LogP contribution < -0.4 is 10.6 Å². The molecule has 5 nitrogen and oxygen atoms in total. The first-order valence-electron chi connectivity index (χ1n) is 6.33.